The van der Waals surface area contributed by atoms with Gasteiger partial charge in [0, 0.05) is 44.0 Å². The fraction of sp³-hybridized carbons (Fsp3) is 0.720. The topological polar surface area (TPSA) is 67.4 Å². The first-order valence-electron chi connectivity index (χ1n) is 12.3. The van der Waals surface area contributed by atoms with E-state index in [2.05, 4.69) is 47.6 Å². The van der Waals surface area contributed by atoms with Crippen LogP contribution in [0.5, 0.6) is 5.75 Å². The standard InChI is InChI=1S/C25H42N4O3/c1-4-26-24(28-20-25(10-14-31-15-11-25)29-12-6-7-13-29)27-19-22-9-8-21(3)18-23(22)32-17-16-30-5-2/h8-9,18H,4-7,10-17,19-20H2,1-3H3,(H2,26,27,28). The van der Waals surface area contributed by atoms with Gasteiger partial charge in [0.1, 0.15) is 12.4 Å². The van der Waals surface area contributed by atoms with E-state index in [1.165, 1.54) is 31.5 Å². The molecule has 7 heteroatoms. The van der Waals surface area contributed by atoms with E-state index in [1.54, 1.807) is 0 Å². The van der Waals surface area contributed by atoms with Gasteiger partial charge in [0.15, 0.2) is 5.96 Å². The molecule has 0 aromatic heterocycles. The fourth-order valence-corrected chi connectivity index (χ4v) is 4.58. The second kappa shape index (κ2) is 13.0. The van der Waals surface area contributed by atoms with Crippen LogP contribution in [0, 0.1) is 6.92 Å². The molecule has 3 rings (SSSR count). The summed E-state index contributed by atoms with van der Waals surface area (Å²) >= 11 is 0. The van der Waals surface area contributed by atoms with Crippen LogP contribution in [0.15, 0.2) is 23.2 Å². The summed E-state index contributed by atoms with van der Waals surface area (Å²) in [7, 11) is 0. The molecule has 2 aliphatic heterocycles. The molecule has 32 heavy (non-hydrogen) atoms. The molecule has 0 radical (unpaired) electrons. The van der Waals surface area contributed by atoms with E-state index in [0.717, 1.165) is 56.4 Å². The molecule has 0 saturated carbocycles. The molecule has 180 valence electrons. The third kappa shape index (κ3) is 7.09. The highest BCUT2D eigenvalue weighted by atomic mass is 16.5. The van der Waals surface area contributed by atoms with Crippen molar-refractivity contribution in [3.8, 4) is 5.75 Å². The number of guanidine groups is 1. The Labute approximate surface area is 193 Å². The third-order valence-electron chi connectivity index (χ3n) is 6.45. The average molecular weight is 447 g/mol. The molecule has 2 N–H and O–H groups in total. The number of likely N-dealkylation sites (tertiary alicyclic amines) is 1. The van der Waals surface area contributed by atoms with Crippen LogP contribution in [0.1, 0.15) is 50.7 Å². The molecule has 0 aliphatic carbocycles. The molecule has 2 heterocycles. The number of rotatable bonds is 11. The summed E-state index contributed by atoms with van der Waals surface area (Å²) in [4.78, 5) is 7.57. The van der Waals surface area contributed by atoms with Gasteiger partial charge in [0.05, 0.1) is 13.2 Å². The number of benzene rings is 1. The molecule has 7 nitrogen and oxygen atoms in total. The highest BCUT2D eigenvalue weighted by molar-refractivity contribution is 5.79. The zero-order chi connectivity index (χ0) is 22.7. The van der Waals surface area contributed by atoms with Crippen molar-refractivity contribution in [2.75, 3.05) is 59.2 Å². The lowest BCUT2D eigenvalue weighted by atomic mass is 9.88. The van der Waals surface area contributed by atoms with Gasteiger partial charge in [-0.05, 0) is 71.2 Å². The minimum absolute atomic E-state index is 0.169. The molecule has 0 bridgehead atoms. The van der Waals surface area contributed by atoms with Gasteiger partial charge in [0.2, 0.25) is 0 Å². The number of aryl methyl sites for hydroxylation is 1. The first-order valence-corrected chi connectivity index (χ1v) is 12.3. The molecular weight excluding hydrogens is 404 g/mol. The van der Waals surface area contributed by atoms with Gasteiger partial charge in [-0.15, -0.1) is 0 Å². The Bertz CT molecular complexity index is 713. The zero-order valence-corrected chi connectivity index (χ0v) is 20.3. The Morgan fingerprint density at radius 2 is 1.91 bits per heavy atom. The van der Waals surface area contributed by atoms with E-state index in [4.69, 9.17) is 19.2 Å². The van der Waals surface area contributed by atoms with E-state index in [9.17, 15) is 0 Å². The van der Waals surface area contributed by atoms with Crippen molar-refractivity contribution in [1.82, 2.24) is 15.5 Å². The second-order valence-electron chi connectivity index (χ2n) is 8.74. The summed E-state index contributed by atoms with van der Waals surface area (Å²) in [5, 5.41) is 7.07. The summed E-state index contributed by atoms with van der Waals surface area (Å²) in [6.45, 7) is 14.4. The summed E-state index contributed by atoms with van der Waals surface area (Å²) in [6, 6.07) is 6.31. The van der Waals surface area contributed by atoms with E-state index < -0.39 is 0 Å². The second-order valence-corrected chi connectivity index (χ2v) is 8.74. The molecule has 2 aliphatic rings. The van der Waals surface area contributed by atoms with Crippen LogP contribution in [-0.2, 0) is 16.0 Å². The van der Waals surface area contributed by atoms with Gasteiger partial charge in [-0.2, -0.15) is 0 Å². The predicted molar refractivity (Wildman–Crippen MR) is 130 cm³/mol. The normalized spacial score (nSPS) is 19.2. The Morgan fingerprint density at radius 1 is 1.12 bits per heavy atom. The van der Waals surface area contributed by atoms with E-state index >= 15 is 0 Å². The maximum Gasteiger partial charge on any atom is 0.191 e. The van der Waals surface area contributed by atoms with Gasteiger partial charge in [-0.3, -0.25) is 4.90 Å². The van der Waals surface area contributed by atoms with Crippen molar-refractivity contribution >= 4 is 5.96 Å². The van der Waals surface area contributed by atoms with E-state index in [1.807, 2.05) is 6.92 Å². The van der Waals surface area contributed by atoms with Crippen LogP contribution in [0.4, 0.5) is 0 Å². The van der Waals surface area contributed by atoms with Crippen molar-refractivity contribution in [2.45, 2.75) is 58.5 Å². The smallest absolute Gasteiger partial charge is 0.191 e. The zero-order valence-electron chi connectivity index (χ0n) is 20.3. The minimum atomic E-state index is 0.169. The Kier molecular flexibility index (Phi) is 10.1. The van der Waals surface area contributed by atoms with E-state index in [0.29, 0.717) is 26.4 Å². The summed E-state index contributed by atoms with van der Waals surface area (Å²) in [5.41, 5.74) is 2.44. The Hall–Kier alpha value is -1.83. The lowest BCUT2D eigenvalue weighted by Gasteiger charge is -2.45. The largest absolute Gasteiger partial charge is 0.491 e. The first kappa shape index (κ1) is 24.8. The lowest BCUT2D eigenvalue weighted by Crippen LogP contribution is -2.58. The maximum absolute atomic E-state index is 6.00. The molecule has 1 aromatic rings. The summed E-state index contributed by atoms with van der Waals surface area (Å²) < 4.78 is 17.1. The summed E-state index contributed by atoms with van der Waals surface area (Å²) in [6.07, 6.45) is 4.76. The highest BCUT2D eigenvalue weighted by Gasteiger charge is 2.39. The molecule has 2 saturated heterocycles. The summed E-state index contributed by atoms with van der Waals surface area (Å²) in [5.74, 6) is 1.75. The van der Waals surface area contributed by atoms with Crippen LogP contribution in [0.25, 0.3) is 0 Å². The number of ether oxygens (including phenoxy) is 3. The Balaban J connectivity index is 1.65. The molecule has 0 amide bonds. The number of aliphatic imine (C=N–C) groups is 1. The van der Waals surface area contributed by atoms with Gasteiger partial charge in [0.25, 0.3) is 0 Å². The van der Waals surface area contributed by atoms with Crippen LogP contribution in [-0.4, -0.2) is 75.6 Å². The predicted octanol–water partition coefficient (Wildman–Crippen LogP) is 3.11. The van der Waals surface area contributed by atoms with Gasteiger partial charge in [-0.1, -0.05) is 12.1 Å². The fourth-order valence-electron chi connectivity index (χ4n) is 4.58. The maximum atomic E-state index is 6.00. The van der Waals surface area contributed by atoms with Gasteiger partial charge >= 0.3 is 0 Å². The van der Waals surface area contributed by atoms with Crippen LogP contribution < -0.4 is 15.4 Å². The SMILES string of the molecule is CCNC(=NCc1ccc(C)cc1OCCOCC)NCC1(N2CCCC2)CCOCC1. The van der Waals surface area contributed by atoms with Crippen molar-refractivity contribution in [1.29, 1.82) is 0 Å². The van der Waals surface area contributed by atoms with Crippen molar-refractivity contribution < 1.29 is 14.2 Å². The number of hydrogen-bond acceptors (Lipinski definition) is 5. The minimum Gasteiger partial charge on any atom is -0.491 e. The first-order chi connectivity index (χ1) is 15.7. The number of nitrogens with zero attached hydrogens (tertiary/aromatic N) is 2. The monoisotopic (exact) mass is 446 g/mol. The number of hydrogen-bond donors (Lipinski definition) is 2. The quantitative estimate of drug-likeness (QED) is 0.309. The molecule has 1 aromatic carbocycles. The van der Waals surface area contributed by atoms with Gasteiger partial charge < -0.3 is 24.8 Å². The Morgan fingerprint density at radius 3 is 2.62 bits per heavy atom. The van der Waals surface area contributed by atoms with Crippen LogP contribution in [0.3, 0.4) is 0 Å². The van der Waals surface area contributed by atoms with Crippen LogP contribution in [0.2, 0.25) is 0 Å². The lowest BCUT2D eigenvalue weighted by molar-refractivity contribution is -0.0164. The third-order valence-corrected chi connectivity index (χ3v) is 6.45. The molecule has 0 spiro atoms. The van der Waals surface area contributed by atoms with Crippen molar-refractivity contribution in [3.63, 3.8) is 0 Å². The molecule has 0 atom stereocenters. The van der Waals surface area contributed by atoms with Crippen molar-refractivity contribution in [2.24, 2.45) is 4.99 Å². The molecular formula is C25H42N4O3. The molecule has 2 fully saturated rings. The van der Waals surface area contributed by atoms with Gasteiger partial charge in [-0.25, -0.2) is 4.99 Å². The van der Waals surface area contributed by atoms with Crippen molar-refractivity contribution in [3.05, 3.63) is 29.3 Å². The average Bonchev–Trinajstić information content (AvgIpc) is 3.36. The molecule has 0 unspecified atom stereocenters. The number of nitrogens with one attached hydrogen (secondary N) is 2. The van der Waals surface area contributed by atoms with Crippen LogP contribution >= 0.6 is 0 Å². The highest BCUT2D eigenvalue weighted by Crippen LogP contribution is 2.30. The van der Waals surface area contributed by atoms with E-state index in [-0.39, 0.29) is 5.54 Å².